The number of alkyl halides is 24. The van der Waals surface area contributed by atoms with Crippen LogP contribution in [0.1, 0.15) is 39.5 Å². The molecule has 0 amide bonds. The van der Waals surface area contributed by atoms with E-state index in [1.807, 2.05) is 0 Å². The fourth-order valence-corrected chi connectivity index (χ4v) is 3.22. The van der Waals surface area contributed by atoms with Gasteiger partial charge in [-0.1, -0.05) is 6.92 Å². The van der Waals surface area contributed by atoms with Crippen molar-refractivity contribution in [2.24, 2.45) is 0 Å². The quantitative estimate of drug-likeness (QED) is 0.0634. The number of rotatable bonds is 21. The highest BCUT2D eigenvalue weighted by Gasteiger charge is 2.64. The van der Waals surface area contributed by atoms with Gasteiger partial charge in [0, 0.05) is 26.9 Å². The van der Waals surface area contributed by atoms with Crippen molar-refractivity contribution in [1.29, 1.82) is 0 Å². The first kappa shape index (κ1) is 58.5. The lowest BCUT2D eigenvalue weighted by Crippen LogP contribution is -2.62. The maximum atomic E-state index is 13.8. The Bertz CT molecular complexity index is 1240. The first-order valence-electron chi connectivity index (χ1n) is 14.6. The van der Waals surface area contributed by atoms with Crippen LogP contribution in [0, 0.1) is 0 Å². The Hall–Kier alpha value is -2.56. The molecule has 0 aromatic heterocycles. The highest BCUT2D eigenvalue weighted by molar-refractivity contribution is 5.70. The number of esters is 1. The predicted octanol–water partition coefficient (Wildman–Crippen LogP) is 10.0. The van der Waals surface area contributed by atoms with E-state index in [0.717, 1.165) is 6.92 Å². The van der Waals surface area contributed by atoms with Crippen LogP contribution in [0.2, 0.25) is 0 Å². The van der Waals surface area contributed by atoms with Crippen LogP contribution in [0.4, 0.5) is 110 Å². The third-order valence-electron chi connectivity index (χ3n) is 5.45. The minimum atomic E-state index is -5.75. The molecular formula is C25H27F25O9. The summed E-state index contributed by atoms with van der Waals surface area (Å²) >= 11 is 0. The number of halogens is 25. The van der Waals surface area contributed by atoms with E-state index in [0.29, 0.717) is 7.11 Å². The normalized spacial score (nSPS) is 18.6. The van der Waals surface area contributed by atoms with E-state index < -0.39 is 137 Å². The Labute approximate surface area is 312 Å². The molecule has 0 heterocycles. The topological polar surface area (TPSA) is 90.9 Å². The van der Waals surface area contributed by atoms with Gasteiger partial charge < -0.3 is 23.7 Å². The highest BCUT2D eigenvalue weighted by Crippen LogP contribution is 2.48. The molecule has 1 saturated carbocycles. The molecule has 34 heteroatoms. The van der Waals surface area contributed by atoms with E-state index in [9.17, 15) is 115 Å². The van der Waals surface area contributed by atoms with E-state index >= 15 is 0 Å². The zero-order valence-electron chi connectivity index (χ0n) is 28.9. The molecule has 1 fully saturated rings. The molecule has 0 radical (unpaired) electrons. The summed E-state index contributed by atoms with van der Waals surface area (Å²) in [6.07, 6.45) is -52.2. The van der Waals surface area contributed by atoms with Crippen molar-refractivity contribution in [1.82, 2.24) is 0 Å². The number of carbonyl (C=O) groups is 1. The van der Waals surface area contributed by atoms with Gasteiger partial charge in [-0.05, 0) is 4.53 Å². The molecule has 1 aliphatic rings. The van der Waals surface area contributed by atoms with E-state index in [4.69, 9.17) is 0 Å². The average Bonchev–Trinajstić information content (AvgIpc) is 2.91. The summed E-state index contributed by atoms with van der Waals surface area (Å²) in [6.45, 7) is -7.98. The summed E-state index contributed by atoms with van der Waals surface area (Å²) in [4.78, 5) is 12.2. The van der Waals surface area contributed by atoms with Crippen molar-refractivity contribution >= 4 is 5.97 Å². The third kappa shape index (κ3) is 25.7. The van der Waals surface area contributed by atoms with Crippen LogP contribution >= 0.6 is 0 Å². The molecule has 1 aliphatic carbocycles. The third-order valence-corrected chi connectivity index (χ3v) is 5.45. The minimum absolute atomic E-state index is 0.182. The molecule has 356 valence electrons. The van der Waals surface area contributed by atoms with Gasteiger partial charge in [-0.25, -0.2) is 27.0 Å². The number of hydrogen-bond donors (Lipinski definition) is 0. The van der Waals surface area contributed by atoms with Crippen LogP contribution in [0.3, 0.4) is 0 Å². The molecule has 0 N–H and O–H groups in total. The van der Waals surface area contributed by atoms with Gasteiger partial charge in [-0.2, -0.15) is 84.0 Å². The lowest BCUT2D eigenvalue weighted by Gasteiger charge is -2.45. The van der Waals surface area contributed by atoms with Crippen LogP contribution in [-0.2, 0) is 42.9 Å². The molecule has 59 heavy (non-hydrogen) atoms. The number of carbonyl (C=O) groups excluding carboxylic acids is 1. The van der Waals surface area contributed by atoms with Crippen molar-refractivity contribution in [3.8, 4) is 0 Å². The summed E-state index contributed by atoms with van der Waals surface area (Å²) in [5.74, 6) is -16.1. The average molecular weight is 946 g/mol. The first-order chi connectivity index (χ1) is 25.8. The zero-order chi connectivity index (χ0) is 47.5. The van der Waals surface area contributed by atoms with Gasteiger partial charge >= 0.3 is 61.1 Å². The number of hydrogen-bond acceptors (Lipinski definition) is 9. The highest BCUT2D eigenvalue weighted by atomic mass is 19.4. The Balaban J connectivity index is 0. The molecule has 9 nitrogen and oxygen atoms in total. The lowest BCUT2D eigenvalue weighted by atomic mass is 9.86. The van der Waals surface area contributed by atoms with Gasteiger partial charge in [-0.15, -0.1) is 8.78 Å². The Morgan fingerprint density at radius 1 is 0.661 bits per heavy atom. The van der Waals surface area contributed by atoms with Gasteiger partial charge in [0.05, 0.1) is 0 Å². The smallest absolute Gasteiger partial charge is 0.401 e. The van der Waals surface area contributed by atoms with Crippen molar-refractivity contribution < 1.29 is 153 Å². The molecule has 1 rings (SSSR count). The zero-order valence-corrected chi connectivity index (χ0v) is 28.9. The maximum Gasteiger partial charge on any atom is 0.495 e. The Morgan fingerprint density at radius 3 is 1.49 bits per heavy atom. The fraction of sp³-hybridized carbons (Fsp3) is 0.960. The van der Waals surface area contributed by atoms with E-state index in [2.05, 4.69) is 38.1 Å². The molecular weight excluding hydrogens is 919 g/mol. The minimum Gasteiger partial charge on any atom is -0.401 e. The number of methoxy groups -OCH3 is 1. The molecule has 2 atom stereocenters. The van der Waals surface area contributed by atoms with Gasteiger partial charge in [0.15, 0.2) is 12.7 Å². The van der Waals surface area contributed by atoms with Crippen LogP contribution in [0.25, 0.3) is 0 Å². The molecule has 0 spiro atoms. The SMILES string of the molecule is CC(F)(F)OC(=O)CC(F)(F)F.CCC(F)(F)OC1CC(F)(F)C1OC(F)(F)CC(F)(F)COCC(F)(F)OC(F)(F)OC(F)(F)COC.FOCC(F)(F)C(F)(F)F. The van der Waals surface area contributed by atoms with Crippen molar-refractivity contribution in [2.45, 2.75) is 119 Å². The summed E-state index contributed by atoms with van der Waals surface area (Å²) < 4.78 is 335. The van der Waals surface area contributed by atoms with Gasteiger partial charge in [0.2, 0.25) is 0 Å². The molecule has 0 aliphatic heterocycles. The maximum absolute atomic E-state index is 13.8. The Kier molecular flexibility index (Phi) is 20.8. The predicted molar refractivity (Wildman–Crippen MR) is 134 cm³/mol. The van der Waals surface area contributed by atoms with Crippen LogP contribution in [-0.4, -0.2) is 119 Å². The fourth-order valence-electron chi connectivity index (χ4n) is 3.22. The second-order valence-corrected chi connectivity index (χ2v) is 11.2. The van der Waals surface area contributed by atoms with Crippen LogP contribution in [0.15, 0.2) is 0 Å². The van der Waals surface area contributed by atoms with Crippen molar-refractivity contribution in [2.75, 3.05) is 33.5 Å². The summed E-state index contributed by atoms with van der Waals surface area (Å²) in [6, 6.07) is 0. The number of ether oxygens (including phenoxy) is 7. The van der Waals surface area contributed by atoms with Crippen molar-refractivity contribution in [3.05, 3.63) is 0 Å². The lowest BCUT2D eigenvalue weighted by molar-refractivity contribution is -0.518. The van der Waals surface area contributed by atoms with E-state index in [1.54, 1.807) is 0 Å². The second kappa shape index (κ2) is 21.0. The molecule has 0 aromatic carbocycles. The van der Waals surface area contributed by atoms with Gasteiger partial charge in [0.1, 0.15) is 38.8 Å². The van der Waals surface area contributed by atoms with Gasteiger partial charge in [-0.3, -0.25) is 4.79 Å². The summed E-state index contributed by atoms with van der Waals surface area (Å²) in [5.41, 5.74) is 0. The standard InChI is InChI=1S/C17H20F14O6.C5H5F5O2.C3H2F6O/c1-3-13(22,23)34-9-4-12(20,21)10(9)35-14(24,25)5-11(18,19)6-33-8-16(28,29)37-17(30,31)36-15(26,27)7-32-2;1-4(6,7)12-3(11)2-5(8,9)10;4-2(5,1-10-9)3(6,7)8/h9-10H,3-8H2,1-2H3;2H2,1H3;1H2. The van der Waals surface area contributed by atoms with Crippen molar-refractivity contribution in [3.63, 3.8) is 0 Å². The van der Waals surface area contributed by atoms with Crippen LogP contribution in [0.5, 0.6) is 0 Å². The first-order valence-corrected chi connectivity index (χ1v) is 14.6. The molecule has 0 saturated heterocycles. The second-order valence-electron chi connectivity index (χ2n) is 11.2. The van der Waals surface area contributed by atoms with Gasteiger partial charge in [0.25, 0.3) is 11.8 Å². The molecule has 0 bridgehead atoms. The summed E-state index contributed by atoms with van der Waals surface area (Å²) in [5, 5.41) is 0. The summed E-state index contributed by atoms with van der Waals surface area (Å²) in [7, 11) is 0.613. The van der Waals surface area contributed by atoms with Crippen LogP contribution < -0.4 is 0 Å². The molecule has 0 aromatic rings. The molecule has 2 unspecified atom stereocenters. The largest absolute Gasteiger partial charge is 0.495 e. The van der Waals surface area contributed by atoms with E-state index in [1.165, 1.54) is 0 Å². The monoisotopic (exact) mass is 946 g/mol. The van der Waals surface area contributed by atoms with E-state index in [-0.39, 0.29) is 6.92 Å². The Morgan fingerprint density at radius 2 is 1.14 bits per heavy atom.